The fraction of sp³-hybridized carbons (Fsp3) is 1.00. The zero-order valence-electron chi connectivity index (χ0n) is 9.03. The minimum absolute atomic E-state index is 0.0335. The Hall–Kier alpha value is -0.130. The molecule has 0 bridgehead atoms. The second-order valence-electron chi connectivity index (χ2n) is 3.57. The second kappa shape index (κ2) is 7.20. The number of sulfone groups is 1. The molecule has 0 aromatic carbocycles. The van der Waals surface area contributed by atoms with E-state index in [2.05, 4.69) is 0 Å². The molecule has 0 aromatic rings. The quantitative estimate of drug-likeness (QED) is 0.606. The lowest BCUT2D eigenvalue weighted by molar-refractivity contribution is 0.149. The van der Waals surface area contributed by atoms with Crippen LogP contribution in [-0.2, 0) is 14.6 Å². The molecule has 0 heterocycles. The van der Waals surface area contributed by atoms with Gasteiger partial charge in [-0.05, 0) is 18.9 Å². The van der Waals surface area contributed by atoms with E-state index in [1.807, 2.05) is 13.8 Å². The average molecular weight is 223 g/mol. The Morgan fingerprint density at radius 3 is 2.50 bits per heavy atom. The van der Waals surface area contributed by atoms with Crippen molar-refractivity contribution < 1.29 is 13.2 Å². The lowest BCUT2D eigenvalue weighted by Crippen LogP contribution is -2.24. The predicted octanol–water partition coefficient (Wildman–Crippen LogP) is 0.423. The molecule has 5 heteroatoms. The van der Waals surface area contributed by atoms with Crippen LogP contribution < -0.4 is 5.73 Å². The minimum atomic E-state index is -2.98. The number of ether oxygens (including phenoxy) is 1. The molecular formula is C9H21NO3S. The third-order valence-electron chi connectivity index (χ3n) is 1.83. The highest BCUT2D eigenvalue weighted by molar-refractivity contribution is 7.91. The molecule has 4 nitrogen and oxygen atoms in total. The van der Waals surface area contributed by atoms with Gasteiger partial charge < -0.3 is 10.5 Å². The summed E-state index contributed by atoms with van der Waals surface area (Å²) in [5.74, 6) is 0.308. The molecule has 0 saturated carbocycles. The molecule has 1 unspecified atom stereocenters. The molecule has 1 atom stereocenters. The van der Waals surface area contributed by atoms with Gasteiger partial charge in [0.05, 0.1) is 18.1 Å². The van der Waals surface area contributed by atoms with Crippen LogP contribution >= 0.6 is 0 Å². The number of hydrogen-bond acceptors (Lipinski definition) is 4. The van der Waals surface area contributed by atoms with Crippen LogP contribution in [-0.4, -0.2) is 39.7 Å². The molecule has 0 amide bonds. The molecule has 14 heavy (non-hydrogen) atoms. The van der Waals surface area contributed by atoms with E-state index >= 15 is 0 Å². The van der Waals surface area contributed by atoms with E-state index in [0.717, 1.165) is 6.42 Å². The molecule has 0 radical (unpaired) electrons. The Balaban J connectivity index is 3.73. The van der Waals surface area contributed by atoms with Gasteiger partial charge in [0.2, 0.25) is 0 Å². The van der Waals surface area contributed by atoms with E-state index in [4.69, 9.17) is 10.5 Å². The van der Waals surface area contributed by atoms with Crippen molar-refractivity contribution in [2.24, 2.45) is 11.7 Å². The predicted molar refractivity (Wildman–Crippen MR) is 58.0 cm³/mol. The van der Waals surface area contributed by atoms with Gasteiger partial charge in [-0.2, -0.15) is 0 Å². The first kappa shape index (κ1) is 13.9. The van der Waals surface area contributed by atoms with Crippen LogP contribution in [0.3, 0.4) is 0 Å². The van der Waals surface area contributed by atoms with Crippen LogP contribution in [0, 0.1) is 5.92 Å². The van der Waals surface area contributed by atoms with E-state index in [9.17, 15) is 8.42 Å². The molecule has 86 valence electrons. The van der Waals surface area contributed by atoms with Crippen LogP contribution in [0.15, 0.2) is 0 Å². The number of nitrogens with two attached hydrogens (primary N) is 1. The van der Waals surface area contributed by atoms with E-state index in [1.54, 1.807) is 0 Å². The van der Waals surface area contributed by atoms with Crippen molar-refractivity contribution >= 4 is 9.84 Å². The monoisotopic (exact) mass is 223 g/mol. The Bertz CT molecular complexity index is 226. The van der Waals surface area contributed by atoms with Crippen molar-refractivity contribution in [3.63, 3.8) is 0 Å². The van der Waals surface area contributed by atoms with E-state index < -0.39 is 9.84 Å². The summed E-state index contributed by atoms with van der Waals surface area (Å²) in [6, 6.07) is 0. The Morgan fingerprint density at radius 1 is 1.36 bits per heavy atom. The van der Waals surface area contributed by atoms with Crippen molar-refractivity contribution in [1.82, 2.24) is 0 Å². The van der Waals surface area contributed by atoms with Crippen molar-refractivity contribution in [3.8, 4) is 0 Å². The van der Waals surface area contributed by atoms with Gasteiger partial charge in [-0.25, -0.2) is 8.42 Å². The molecule has 0 aliphatic carbocycles. The summed E-state index contributed by atoms with van der Waals surface area (Å²) in [4.78, 5) is 0. The summed E-state index contributed by atoms with van der Waals surface area (Å²) in [7, 11) is -2.98. The molecule has 0 aromatic heterocycles. The molecule has 0 rings (SSSR count). The van der Waals surface area contributed by atoms with Crippen LogP contribution in [0.25, 0.3) is 0 Å². The zero-order chi connectivity index (χ0) is 11.0. The Labute approximate surface area is 86.7 Å². The first-order chi connectivity index (χ1) is 6.52. The first-order valence-corrected chi connectivity index (χ1v) is 6.82. The number of rotatable bonds is 8. The van der Waals surface area contributed by atoms with E-state index in [0.29, 0.717) is 19.8 Å². The molecule has 0 saturated heterocycles. The highest BCUT2D eigenvalue weighted by atomic mass is 32.2. The van der Waals surface area contributed by atoms with Crippen molar-refractivity contribution in [3.05, 3.63) is 0 Å². The van der Waals surface area contributed by atoms with Gasteiger partial charge in [0.1, 0.15) is 0 Å². The standard InChI is InChI=1S/C9H21NO3S/c1-3-4-13-5-6-14(11,12)8-9(2)7-10/h9H,3-8,10H2,1-2H3. The zero-order valence-corrected chi connectivity index (χ0v) is 9.85. The minimum Gasteiger partial charge on any atom is -0.380 e. The molecular weight excluding hydrogens is 202 g/mol. The molecule has 0 aliphatic heterocycles. The van der Waals surface area contributed by atoms with Gasteiger partial charge >= 0.3 is 0 Å². The Kier molecular flexibility index (Phi) is 7.13. The fourth-order valence-electron chi connectivity index (χ4n) is 1.02. The molecule has 0 aliphatic rings. The van der Waals surface area contributed by atoms with Crippen LogP contribution in [0.5, 0.6) is 0 Å². The van der Waals surface area contributed by atoms with Gasteiger partial charge in [0, 0.05) is 6.61 Å². The van der Waals surface area contributed by atoms with Gasteiger partial charge in [-0.15, -0.1) is 0 Å². The maximum Gasteiger partial charge on any atom is 0.152 e. The van der Waals surface area contributed by atoms with Gasteiger partial charge in [0.25, 0.3) is 0 Å². The van der Waals surface area contributed by atoms with E-state index in [1.165, 1.54) is 0 Å². The molecule has 0 fully saturated rings. The smallest absolute Gasteiger partial charge is 0.152 e. The normalized spacial score (nSPS) is 14.2. The summed E-state index contributed by atoms with van der Waals surface area (Å²) < 4.78 is 28.0. The maximum absolute atomic E-state index is 11.4. The lowest BCUT2D eigenvalue weighted by atomic mass is 10.2. The SMILES string of the molecule is CCCOCCS(=O)(=O)CC(C)CN. The summed E-state index contributed by atoms with van der Waals surface area (Å²) in [6.45, 7) is 5.17. The summed E-state index contributed by atoms with van der Waals surface area (Å²) >= 11 is 0. The fourth-order valence-corrected chi connectivity index (χ4v) is 2.56. The largest absolute Gasteiger partial charge is 0.380 e. The van der Waals surface area contributed by atoms with Crippen LogP contribution in [0.2, 0.25) is 0 Å². The third kappa shape index (κ3) is 7.29. The average Bonchev–Trinajstić information content (AvgIpc) is 2.12. The van der Waals surface area contributed by atoms with Crippen molar-refractivity contribution in [1.29, 1.82) is 0 Å². The maximum atomic E-state index is 11.4. The van der Waals surface area contributed by atoms with Crippen LogP contribution in [0.1, 0.15) is 20.3 Å². The third-order valence-corrected chi connectivity index (χ3v) is 3.69. The van der Waals surface area contributed by atoms with E-state index in [-0.39, 0.29) is 17.4 Å². The lowest BCUT2D eigenvalue weighted by Gasteiger charge is -2.09. The van der Waals surface area contributed by atoms with Gasteiger partial charge in [-0.3, -0.25) is 0 Å². The van der Waals surface area contributed by atoms with Crippen LogP contribution in [0.4, 0.5) is 0 Å². The summed E-state index contributed by atoms with van der Waals surface area (Å²) in [6.07, 6.45) is 0.916. The summed E-state index contributed by atoms with van der Waals surface area (Å²) in [5.41, 5.74) is 5.36. The number of hydrogen-bond donors (Lipinski definition) is 1. The van der Waals surface area contributed by atoms with Crippen molar-refractivity contribution in [2.45, 2.75) is 20.3 Å². The van der Waals surface area contributed by atoms with Gasteiger partial charge in [0.15, 0.2) is 9.84 Å². The molecule has 0 spiro atoms. The van der Waals surface area contributed by atoms with Crippen molar-refractivity contribution in [2.75, 3.05) is 31.3 Å². The second-order valence-corrected chi connectivity index (χ2v) is 5.80. The van der Waals surface area contributed by atoms with Gasteiger partial charge in [-0.1, -0.05) is 13.8 Å². The summed E-state index contributed by atoms with van der Waals surface area (Å²) in [5, 5.41) is 0. The first-order valence-electron chi connectivity index (χ1n) is 5.00. The highest BCUT2D eigenvalue weighted by Crippen LogP contribution is 2.00. The topological polar surface area (TPSA) is 69.4 Å². The molecule has 2 N–H and O–H groups in total. The highest BCUT2D eigenvalue weighted by Gasteiger charge is 2.14. The Morgan fingerprint density at radius 2 is 2.00 bits per heavy atom.